The first-order valence-electron chi connectivity index (χ1n) is 9.08. The predicted octanol–water partition coefficient (Wildman–Crippen LogP) is 4.24. The fraction of sp³-hybridized carbons (Fsp3) is 0.136. The maximum absolute atomic E-state index is 13.0. The minimum Gasteiger partial charge on any atom is -0.320 e. The van der Waals surface area contributed by atoms with Gasteiger partial charge < -0.3 is 5.32 Å². The summed E-state index contributed by atoms with van der Waals surface area (Å²) in [6.45, 7) is 5.83. The Hall–Kier alpha value is -3.67. The molecule has 4 rings (SSSR count). The summed E-state index contributed by atoms with van der Waals surface area (Å²) in [5, 5.41) is 11.9. The zero-order valence-electron chi connectivity index (χ0n) is 16.0. The van der Waals surface area contributed by atoms with Crippen molar-refractivity contribution < 1.29 is 4.79 Å². The molecule has 2 heterocycles. The summed E-state index contributed by atoms with van der Waals surface area (Å²) in [6.07, 6.45) is 1.60. The van der Waals surface area contributed by atoms with Gasteiger partial charge in [0.2, 0.25) is 0 Å². The van der Waals surface area contributed by atoms with E-state index >= 15 is 0 Å². The van der Waals surface area contributed by atoms with Gasteiger partial charge >= 0.3 is 0 Å². The molecular formula is C22H21N5O. The Bertz CT molecular complexity index is 1140. The molecule has 140 valence electrons. The molecule has 6 heteroatoms. The monoisotopic (exact) mass is 371 g/mol. The van der Waals surface area contributed by atoms with Gasteiger partial charge in [0, 0.05) is 5.69 Å². The second-order valence-electron chi connectivity index (χ2n) is 6.70. The third-order valence-corrected chi connectivity index (χ3v) is 4.65. The van der Waals surface area contributed by atoms with Gasteiger partial charge in [-0.15, -0.1) is 0 Å². The molecule has 4 aromatic rings. The van der Waals surface area contributed by atoms with E-state index in [1.54, 1.807) is 10.9 Å². The molecule has 2 aromatic heterocycles. The molecule has 0 bridgehead atoms. The molecule has 0 unspecified atom stereocenters. The van der Waals surface area contributed by atoms with Crippen LogP contribution in [0.3, 0.4) is 0 Å². The average Bonchev–Trinajstić information content (AvgIpc) is 3.24. The molecule has 0 spiro atoms. The van der Waals surface area contributed by atoms with Crippen molar-refractivity contribution in [2.75, 3.05) is 5.32 Å². The van der Waals surface area contributed by atoms with Gasteiger partial charge in [-0.1, -0.05) is 30.3 Å². The number of aryl methyl sites for hydroxylation is 2. The van der Waals surface area contributed by atoms with Gasteiger partial charge in [-0.2, -0.15) is 10.2 Å². The topological polar surface area (TPSA) is 64.7 Å². The fourth-order valence-electron chi connectivity index (χ4n) is 3.29. The van der Waals surface area contributed by atoms with E-state index in [9.17, 15) is 4.79 Å². The highest BCUT2D eigenvalue weighted by Gasteiger charge is 2.17. The number of hydrogen-bond acceptors (Lipinski definition) is 3. The molecule has 1 amide bonds. The van der Waals surface area contributed by atoms with Crippen molar-refractivity contribution in [2.24, 2.45) is 0 Å². The first kappa shape index (κ1) is 17.7. The standard InChI is InChI=1S/C22H21N5O/c1-15-13-16(2)26(25-15)21-12-8-7-11-20(21)24-22(28)19-14-23-27(17(19)3)18-9-5-4-6-10-18/h4-14H,1-3H3,(H,24,28). The molecular weight excluding hydrogens is 350 g/mol. The highest BCUT2D eigenvalue weighted by atomic mass is 16.1. The summed E-state index contributed by atoms with van der Waals surface area (Å²) < 4.78 is 3.60. The first-order valence-corrected chi connectivity index (χ1v) is 9.08. The van der Waals surface area contributed by atoms with Crippen LogP contribution < -0.4 is 5.32 Å². The molecule has 0 fully saturated rings. The summed E-state index contributed by atoms with van der Waals surface area (Å²) in [6, 6.07) is 19.4. The van der Waals surface area contributed by atoms with E-state index in [0.717, 1.165) is 28.5 Å². The molecule has 28 heavy (non-hydrogen) atoms. The van der Waals surface area contributed by atoms with Crippen LogP contribution in [0, 0.1) is 20.8 Å². The molecule has 0 saturated carbocycles. The van der Waals surface area contributed by atoms with Crippen LogP contribution in [0.4, 0.5) is 5.69 Å². The third-order valence-electron chi connectivity index (χ3n) is 4.65. The summed E-state index contributed by atoms with van der Waals surface area (Å²) >= 11 is 0. The SMILES string of the molecule is Cc1cc(C)n(-c2ccccc2NC(=O)c2cnn(-c3ccccc3)c2C)n1. The lowest BCUT2D eigenvalue weighted by Crippen LogP contribution is -2.15. The molecule has 0 aliphatic heterocycles. The van der Waals surface area contributed by atoms with Crippen molar-refractivity contribution in [1.29, 1.82) is 0 Å². The van der Waals surface area contributed by atoms with Crippen LogP contribution in [0.15, 0.2) is 66.9 Å². The van der Waals surface area contributed by atoms with Gasteiger partial charge in [-0.3, -0.25) is 4.79 Å². The second-order valence-corrected chi connectivity index (χ2v) is 6.70. The van der Waals surface area contributed by atoms with Crippen LogP contribution in [0.5, 0.6) is 0 Å². The Kier molecular flexibility index (Phi) is 4.53. The van der Waals surface area contributed by atoms with Crippen molar-refractivity contribution in [2.45, 2.75) is 20.8 Å². The number of carbonyl (C=O) groups excluding carboxylic acids is 1. The van der Waals surface area contributed by atoms with Gasteiger partial charge in [-0.05, 0) is 51.1 Å². The van der Waals surface area contributed by atoms with Crippen LogP contribution >= 0.6 is 0 Å². The van der Waals surface area contributed by atoms with Gasteiger partial charge in [0.1, 0.15) is 0 Å². The largest absolute Gasteiger partial charge is 0.320 e. The number of benzene rings is 2. The van der Waals surface area contributed by atoms with Crippen molar-refractivity contribution in [3.8, 4) is 11.4 Å². The molecule has 0 atom stereocenters. The number of amides is 1. The Morgan fingerprint density at radius 3 is 2.36 bits per heavy atom. The minimum absolute atomic E-state index is 0.200. The van der Waals surface area contributed by atoms with Crippen molar-refractivity contribution >= 4 is 11.6 Å². The average molecular weight is 371 g/mol. The summed E-state index contributed by atoms with van der Waals surface area (Å²) in [5.74, 6) is -0.200. The summed E-state index contributed by atoms with van der Waals surface area (Å²) in [4.78, 5) is 13.0. The number of nitrogens with one attached hydrogen (secondary N) is 1. The Balaban J connectivity index is 1.66. The van der Waals surface area contributed by atoms with Crippen molar-refractivity contribution in [3.63, 3.8) is 0 Å². The van der Waals surface area contributed by atoms with Crippen LogP contribution in [0.2, 0.25) is 0 Å². The van der Waals surface area contributed by atoms with Crippen molar-refractivity contribution in [1.82, 2.24) is 19.6 Å². The molecule has 2 aromatic carbocycles. The number of rotatable bonds is 4. The highest BCUT2D eigenvalue weighted by Crippen LogP contribution is 2.23. The summed E-state index contributed by atoms with van der Waals surface area (Å²) in [5.41, 5.74) is 5.70. The quantitative estimate of drug-likeness (QED) is 0.584. The zero-order valence-corrected chi connectivity index (χ0v) is 16.0. The van der Waals surface area contributed by atoms with E-state index in [0.29, 0.717) is 11.3 Å². The van der Waals surface area contributed by atoms with E-state index < -0.39 is 0 Å². The lowest BCUT2D eigenvalue weighted by atomic mass is 10.2. The van der Waals surface area contributed by atoms with Crippen molar-refractivity contribution in [3.05, 3.63) is 89.5 Å². The lowest BCUT2D eigenvalue weighted by molar-refractivity contribution is 0.102. The minimum atomic E-state index is -0.200. The molecule has 1 N–H and O–H groups in total. The molecule has 0 saturated heterocycles. The van der Waals surface area contributed by atoms with Crippen LogP contribution in [0.1, 0.15) is 27.4 Å². The van der Waals surface area contributed by atoms with Gasteiger partial charge in [0.05, 0.1) is 40.2 Å². The summed E-state index contributed by atoms with van der Waals surface area (Å²) in [7, 11) is 0. The number of aromatic nitrogens is 4. The lowest BCUT2D eigenvalue weighted by Gasteiger charge is -2.12. The Labute approximate surface area is 163 Å². The van der Waals surface area contributed by atoms with E-state index in [1.165, 1.54) is 0 Å². The van der Waals surface area contributed by atoms with Crippen LogP contribution in [-0.4, -0.2) is 25.5 Å². The van der Waals surface area contributed by atoms with E-state index in [2.05, 4.69) is 15.5 Å². The number of anilines is 1. The van der Waals surface area contributed by atoms with Crippen LogP contribution in [0.25, 0.3) is 11.4 Å². The molecule has 0 radical (unpaired) electrons. The van der Waals surface area contributed by atoms with Crippen LogP contribution in [-0.2, 0) is 0 Å². The molecule has 0 aliphatic carbocycles. The van der Waals surface area contributed by atoms with Gasteiger partial charge in [0.25, 0.3) is 5.91 Å². The number of hydrogen-bond donors (Lipinski definition) is 1. The Morgan fingerprint density at radius 2 is 1.64 bits per heavy atom. The van der Waals surface area contributed by atoms with E-state index in [-0.39, 0.29) is 5.91 Å². The predicted molar refractivity (Wildman–Crippen MR) is 109 cm³/mol. The van der Waals surface area contributed by atoms with E-state index in [4.69, 9.17) is 0 Å². The maximum Gasteiger partial charge on any atom is 0.259 e. The Morgan fingerprint density at radius 1 is 0.929 bits per heavy atom. The number of nitrogens with zero attached hydrogens (tertiary/aromatic N) is 4. The first-order chi connectivity index (χ1) is 13.5. The molecule has 6 nitrogen and oxygen atoms in total. The number of carbonyl (C=O) groups is 1. The maximum atomic E-state index is 13.0. The van der Waals surface area contributed by atoms with Gasteiger partial charge in [-0.25, -0.2) is 9.36 Å². The second kappa shape index (κ2) is 7.15. The number of para-hydroxylation sites is 3. The van der Waals surface area contributed by atoms with Gasteiger partial charge in [0.15, 0.2) is 0 Å². The highest BCUT2D eigenvalue weighted by molar-refractivity contribution is 6.06. The third kappa shape index (κ3) is 3.20. The molecule has 0 aliphatic rings. The normalized spacial score (nSPS) is 10.8. The smallest absolute Gasteiger partial charge is 0.259 e. The fourth-order valence-corrected chi connectivity index (χ4v) is 3.29. The van der Waals surface area contributed by atoms with E-state index in [1.807, 2.05) is 86.1 Å². The zero-order chi connectivity index (χ0) is 19.7.